The summed E-state index contributed by atoms with van der Waals surface area (Å²) >= 11 is 6.33. The highest BCUT2D eigenvalue weighted by molar-refractivity contribution is 6.35. The fourth-order valence-corrected chi connectivity index (χ4v) is 3.27. The third kappa shape index (κ3) is 2.58. The monoisotopic (exact) mass is 291 g/mol. The third-order valence-electron chi connectivity index (χ3n) is 4.28. The van der Waals surface area contributed by atoms with E-state index in [1.165, 1.54) is 16.6 Å². The molecule has 4 heteroatoms. The molecule has 0 spiro atoms. The van der Waals surface area contributed by atoms with E-state index in [2.05, 4.69) is 40.5 Å². The number of aromatic nitrogens is 1. The number of hydrogen-bond acceptors (Lipinski definition) is 2. The number of nitrogens with zero attached hydrogens (tertiary/aromatic N) is 3. The normalized spacial score (nSPS) is 17.9. The van der Waals surface area contributed by atoms with Crippen molar-refractivity contribution in [3.8, 4) is 0 Å². The Bertz CT molecular complexity index is 597. The van der Waals surface area contributed by atoms with Gasteiger partial charge in [-0.3, -0.25) is 4.90 Å². The zero-order valence-corrected chi connectivity index (χ0v) is 13.0. The van der Waals surface area contributed by atoms with Crippen molar-refractivity contribution >= 4 is 22.5 Å². The van der Waals surface area contributed by atoms with Crippen LogP contribution in [0.2, 0.25) is 5.02 Å². The molecule has 0 bridgehead atoms. The van der Waals surface area contributed by atoms with Gasteiger partial charge in [-0.1, -0.05) is 17.7 Å². The van der Waals surface area contributed by atoms with Crippen molar-refractivity contribution in [2.75, 3.05) is 33.2 Å². The van der Waals surface area contributed by atoms with Crippen molar-refractivity contribution in [3.63, 3.8) is 0 Å². The number of piperazine rings is 1. The average molecular weight is 292 g/mol. The molecule has 0 atom stereocenters. The van der Waals surface area contributed by atoms with Crippen molar-refractivity contribution in [1.82, 2.24) is 14.4 Å². The van der Waals surface area contributed by atoms with Crippen LogP contribution in [0.1, 0.15) is 12.6 Å². The zero-order valence-electron chi connectivity index (χ0n) is 12.3. The van der Waals surface area contributed by atoms with E-state index in [1.54, 1.807) is 0 Å². The molecule has 1 saturated heterocycles. The lowest BCUT2D eigenvalue weighted by Crippen LogP contribution is -2.44. The van der Waals surface area contributed by atoms with Crippen LogP contribution >= 0.6 is 11.6 Å². The second kappa shape index (κ2) is 5.76. The molecule has 1 aromatic heterocycles. The number of hydrogen-bond donors (Lipinski definition) is 0. The summed E-state index contributed by atoms with van der Waals surface area (Å²) in [6.07, 6.45) is 0. The smallest absolute Gasteiger partial charge is 0.0499 e. The van der Waals surface area contributed by atoms with Crippen molar-refractivity contribution in [3.05, 3.63) is 35.0 Å². The molecular formula is C16H22ClN3. The maximum atomic E-state index is 6.33. The van der Waals surface area contributed by atoms with Gasteiger partial charge in [0.15, 0.2) is 0 Å². The van der Waals surface area contributed by atoms with Gasteiger partial charge in [0.25, 0.3) is 0 Å². The molecule has 1 fully saturated rings. The van der Waals surface area contributed by atoms with E-state index in [0.717, 1.165) is 44.3 Å². The Morgan fingerprint density at radius 3 is 2.60 bits per heavy atom. The van der Waals surface area contributed by atoms with Crippen LogP contribution in [-0.2, 0) is 13.1 Å². The molecule has 1 aliphatic rings. The third-order valence-corrected chi connectivity index (χ3v) is 4.61. The summed E-state index contributed by atoms with van der Waals surface area (Å²) in [5.41, 5.74) is 2.63. The Morgan fingerprint density at radius 1 is 1.15 bits per heavy atom. The Labute approximate surface area is 125 Å². The topological polar surface area (TPSA) is 11.4 Å². The number of aryl methyl sites for hydroxylation is 1. The highest BCUT2D eigenvalue weighted by Crippen LogP contribution is 2.27. The maximum absolute atomic E-state index is 6.33. The summed E-state index contributed by atoms with van der Waals surface area (Å²) < 4.78 is 2.39. The number of halogens is 1. The fourth-order valence-electron chi connectivity index (χ4n) is 3.04. The van der Waals surface area contributed by atoms with Gasteiger partial charge in [-0.2, -0.15) is 0 Å². The number of rotatable bonds is 3. The summed E-state index contributed by atoms with van der Waals surface area (Å²) in [4.78, 5) is 4.93. The van der Waals surface area contributed by atoms with Crippen LogP contribution in [0.4, 0.5) is 0 Å². The van der Waals surface area contributed by atoms with Gasteiger partial charge in [0.05, 0.1) is 0 Å². The molecule has 0 saturated carbocycles. The van der Waals surface area contributed by atoms with Crippen LogP contribution in [0, 0.1) is 0 Å². The lowest BCUT2D eigenvalue weighted by atomic mass is 10.2. The molecule has 2 aromatic rings. The quantitative estimate of drug-likeness (QED) is 0.861. The van der Waals surface area contributed by atoms with Gasteiger partial charge in [0.1, 0.15) is 0 Å². The molecule has 108 valence electrons. The minimum Gasteiger partial charge on any atom is -0.344 e. The largest absolute Gasteiger partial charge is 0.344 e. The van der Waals surface area contributed by atoms with Crippen LogP contribution in [0.15, 0.2) is 24.3 Å². The Morgan fingerprint density at radius 2 is 1.90 bits per heavy atom. The predicted molar refractivity (Wildman–Crippen MR) is 85.4 cm³/mol. The van der Waals surface area contributed by atoms with Crippen molar-refractivity contribution < 1.29 is 0 Å². The molecule has 1 aromatic carbocycles. The van der Waals surface area contributed by atoms with E-state index < -0.39 is 0 Å². The van der Waals surface area contributed by atoms with Gasteiger partial charge < -0.3 is 9.47 Å². The molecule has 20 heavy (non-hydrogen) atoms. The highest BCUT2D eigenvalue weighted by Gasteiger charge is 2.17. The van der Waals surface area contributed by atoms with Gasteiger partial charge in [-0.25, -0.2) is 0 Å². The van der Waals surface area contributed by atoms with Crippen molar-refractivity contribution in [2.45, 2.75) is 20.0 Å². The first-order valence-corrected chi connectivity index (χ1v) is 7.74. The van der Waals surface area contributed by atoms with Crippen LogP contribution in [0.3, 0.4) is 0 Å². The van der Waals surface area contributed by atoms with Gasteiger partial charge in [0.2, 0.25) is 0 Å². The minimum atomic E-state index is 0.856. The number of benzene rings is 1. The van der Waals surface area contributed by atoms with E-state index in [4.69, 9.17) is 11.6 Å². The van der Waals surface area contributed by atoms with Crippen LogP contribution < -0.4 is 0 Å². The molecule has 0 unspecified atom stereocenters. The predicted octanol–water partition coefficient (Wildman–Crippen LogP) is 3.06. The molecule has 3 nitrogen and oxygen atoms in total. The maximum Gasteiger partial charge on any atom is 0.0499 e. The first-order valence-electron chi connectivity index (χ1n) is 7.36. The van der Waals surface area contributed by atoms with Crippen LogP contribution in [0.25, 0.3) is 10.9 Å². The lowest BCUT2D eigenvalue weighted by Gasteiger charge is -2.32. The van der Waals surface area contributed by atoms with E-state index in [0.29, 0.717) is 0 Å². The second-order valence-electron chi connectivity index (χ2n) is 5.63. The van der Waals surface area contributed by atoms with E-state index in [9.17, 15) is 0 Å². The fraction of sp³-hybridized carbons (Fsp3) is 0.500. The summed E-state index contributed by atoms with van der Waals surface area (Å²) in [6, 6.07) is 8.44. The Kier molecular flexibility index (Phi) is 4.01. The van der Waals surface area contributed by atoms with Crippen LogP contribution in [0.5, 0.6) is 0 Å². The van der Waals surface area contributed by atoms with Gasteiger partial charge in [-0.15, -0.1) is 0 Å². The number of fused-ring (bicyclic) bond motifs is 1. The summed E-state index contributed by atoms with van der Waals surface area (Å²) in [5.74, 6) is 0. The first kappa shape index (κ1) is 13.9. The highest BCUT2D eigenvalue weighted by atomic mass is 35.5. The number of likely N-dealkylation sites (N-methyl/N-ethyl adjacent to an activating group) is 1. The van der Waals surface area contributed by atoms with Crippen molar-refractivity contribution in [2.24, 2.45) is 0 Å². The average Bonchev–Trinajstić information content (AvgIpc) is 2.80. The molecule has 0 amide bonds. The zero-order chi connectivity index (χ0) is 14.1. The molecule has 0 radical (unpaired) electrons. The standard InChI is InChI=1S/C16H22ClN3/c1-3-20-13(12-19-9-7-18(2)8-10-19)11-14-15(17)5-4-6-16(14)20/h4-6,11H,3,7-10,12H2,1-2H3. The summed E-state index contributed by atoms with van der Waals surface area (Å²) in [7, 11) is 2.19. The molecular weight excluding hydrogens is 270 g/mol. The van der Waals surface area contributed by atoms with Crippen molar-refractivity contribution in [1.29, 1.82) is 0 Å². The van der Waals surface area contributed by atoms with E-state index >= 15 is 0 Å². The Hall–Kier alpha value is -1.03. The minimum absolute atomic E-state index is 0.856. The van der Waals surface area contributed by atoms with Gasteiger partial charge in [-0.05, 0) is 32.2 Å². The van der Waals surface area contributed by atoms with Gasteiger partial charge >= 0.3 is 0 Å². The molecule has 1 aliphatic heterocycles. The van der Waals surface area contributed by atoms with E-state index in [-0.39, 0.29) is 0 Å². The van der Waals surface area contributed by atoms with Gasteiger partial charge in [0, 0.05) is 60.9 Å². The SMILES string of the molecule is CCn1c(CN2CCN(C)CC2)cc2c(Cl)cccc21. The summed E-state index contributed by atoms with van der Waals surface area (Å²) in [6.45, 7) is 8.83. The lowest BCUT2D eigenvalue weighted by molar-refractivity contribution is 0.146. The molecule has 3 rings (SSSR count). The molecule has 2 heterocycles. The molecule has 0 N–H and O–H groups in total. The first-order chi connectivity index (χ1) is 9.69. The van der Waals surface area contributed by atoms with E-state index in [1.807, 2.05) is 12.1 Å². The summed E-state index contributed by atoms with van der Waals surface area (Å²) in [5, 5.41) is 2.04. The van der Waals surface area contributed by atoms with Crippen LogP contribution in [-0.4, -0.2) is 47.6 Å². The molecule has 0 aliphatic carbocycles. The second-order valence-corrected chi connectivity index (χ2v) is 6.04. The Balaban J connectivity index is 1.89.